The maximum Gasteiger partial charge on any atom is 0.405 e. The highest BCUT2D eigenvalue weighted by atomic mass is 16.5. The molecule has 3 N–H and O–H groups in total. The van der Waals surface area contributed by atoms with Crippen LogP contribution in [0.4, 0.5) is 4.79 Å². The molecule has 1 heterocycles. The number of nitrogens with zero attached hydrogens (tertiary/aromatic N) is 1. The summed E-state index contributed by atoms with van der Waals surface area (Å²) >= 11 is 0. The maximum atomic E-state index is 13.1. The molecule has 34 heavy (non-hydrogen) atoms. The van der Waals surface area contributed by atoms with Crippen LogP contribution in [-0.2, 0) is 17.6 Å². The van der Waals surface area contributed by atoms with Gasteiger partial charge in [0, 0.05) is 24.7 Å². The van der Waals surface area contributed by atoms with Crippen LogP contribution < -0.4 is 15.4 Å². The van der Waals surface area contributed by atoms with Crippen LogP contribution in [-0.4, -0.2) is 41.3 Å². The number of methoxy groups -OCH3 is 1. The highest BCUT2D eigenvalue weighted by Gasteiger charge is 2.23. The Morgan fingerprint density at radius 2 is 1.68 bits per heavy atom. The Morgan fingerprint density at radius 1 is 1.00 bits per heavy atom. The van der Waals surface area contributed by atoms with Gasteiger partial charge < -0.3 is 20.5 Å². The fourth-order valence-corrected chi connectivity index (χ4v) is 3.54. The molecule has 2 amide bonds. The average Bonchev–Trinajstić information content (AvgIpc) is 2.86. The van der Waals surface area contributed by atoms with E-state index in [9.17, 15) is 14.7 Å². The van der Waals surface area contributed by atoms with Crippen LogP contribution in [0.2, 0.25) is 0 Å². The first kappa shape index (κ1) is 24.5. The van der Waals surface area contributed by atoms with Crippen molar-refractivity contribution in [2.75, 3.05) is 7.11 Å². The third-order valence-corrected chi connectivity index (χ3v) is 5.30. The lowest BCUT2D eigenvalue weighted by Gasteiger charge is -2.21. The Labute approximate surface area is 199 Å². The first-order valence-corrected chi connectivity index (χ1v) is 11.1. The third kappa shape index (κ3) is 8.09. The summed E-state index contributed by atoms with van der Waals surface area (Å²) in [5.41, 5.74) is 2.72. The van der Waals surface area contributed by atoms with Gasteiger partial charge in [-0.2, -0.15) is 0 Å². The number of aromatic nitrogens is 1. The lowest BCUT2D eigenvalue weighted by atomic mass is 10.0. The number of benzene rings is 2. The fraction of sp³-hybridized carbons (Fsp3) is 0.222. The van der Waals surface area contributed by atoms with E-state index in [4.69, 9.17) is 4.74 Å². The minimum Gasteiger partial charge on any atom is -0.497 e. The summed E-state index contributed by atoms with van der Waals surface area (Å²) in [4.78, 5) is 28.8. The van der Waals surface area contributed by atoms with Crippen molar-refractivity contribution in [1.29, 1.82) is 0 Å². The van der Waals surface area contributed by atoms with E-state index in [0.29, 0.717) is 17.9 Å². The zero-order chi connectivity index (χ0) is 24.2. The number of carboxylic acid groups (broad SMARTS) is 1. The zero-order valence-electron chi connectivity index (χ0n) is 19.1. The van der Waals surface area contributed by atoms with Crippen LogP contribution in [0.1, 0.15) is 23.2 Å². The summed E-state index contributed by atoms with van der Waals surface area (Å²) in [6.45, 7) is 0. The molecular weight excluding hydrogens is 430 g/mol. The summed E-state index contributed by atoms with van der Waals surface area (Å²) in [7, 11) is 1.59. The van der Waals surface area contributed by atoms with Crippen molar-refractivity contribution in [3.8, 4) is 5.75 Å². The maximum absolute atomic E-state index is 13.1. The number of carbonyl (C=O) groups is 2. The highest BCUT2D eigenvalue weighted by Crippen LogP contribution is 2.13. The van der Waals surface area contributed by atoms with Crippen molar-refractivity contribution < 1.29 is 19.4 Å². The molecule has 7 nitrogen and oxygen atoms in total. The van der Waals surface area contributed by atoms with Crippen molar-refractivity contribution in [2.24, 2.45) is 0 Å². The van der Waals surface area contributed by atoms with E-state index in [-0.39, 0.29) is 18.4 Å². The highest BCUT2D eigenvalue weighted by molar-refractivity contribution is 5.86. The summed E-state index contributed by atoms with van der Waals surface area (Å²) in [6.07, 6.45) is 5.76. The molecule has 7 heteroatoms. The van der Waals surface area contributed by atoms with Gasteiger partial charge in [-0.05, 0) is 36.1 Å². The minimum absolute atomic E-state index is 0.255. The number of hydrogen-bond donors (Lipinski definition) is 3. The molecule has 2 aromatic carbocycles. The quantitative estimate of drug-likeness (QED) is 0.401. The number of rotatable bonds is 11. The molecule has 1 aromatic heterocycles. The van der Waals surface area contributed by atoms with Gasteiger partial charge in [0.2, 0.25) is 5.91 Å². The topological polar surface area (TPSA) is 101 Å². The Hall–Kier alpha value is -4.13. The predicted octanol–water partition coefficient (Wildman–Crippen LogP) is 4.10. The first-order chi connectivity index (χ1) is 16.5. The Morgan fingerprint density at radius 3 is 2.32 bits per heavy atom. The van der Waals surface area contributed by atoms with E-state index in [2.05, 4.69) is 15.6 Å². The van der Waals surface area contributed by atoms with E-state index in [0.717, 1.165) is 17.5 Å². The van der Waals surface area contributed by atoms with E-state index >= 15 is 0 Å². The van der Waals surface area contributed by atoms with E-state index in [1.807, 2.05) is 72.8 Å². The average molecular weight is 460 g/mol. The fourth-order valence-electron chi connectivity index (χ4n) is 3.54. The Bertz CT molecular complexity index is 1090. The molecule has 0 fully saturated rings. The SMILES string of the molecule is COc1ccnc(/C=C/[C@H](CCc2ccccc2)NC(=O)[C@H](Cc2ccccc2)NC(=O)O)c1. The van der Waals surface area contributed by atoms with E-state index < -0.39 is 12.1 Å². The number of ether oxygens (including phenoxy) is 1. The van der Waals surface area contributed by atoms with Gasteiger partial charge in [-0.1, -0.05) is 66.7 Å². The standard InChI is InChI=1S/C27H29N3O4/c1-34-24-16-17-28-23(19-24)15-14-22(13-12-20-8-4-2-5-9-20)29-26(31)25(30-27(32)33)18-21-10-6-3-7-11-21/h2-11,14-17,19,22,25,30H,12-13,18H2,1H3,(H,29,31)(H,32,33)/b15-14+/t22-,25-/m0/s1. The lowest BCUT2D eigenvalue weighted by Crippen LogP contribution is -2.50. The van der Waals surface area contributed by atoms with Gasteiger partial charge in [0.15, 0.2) is 0 Å². The monoisotopic (exact) mass is 459 g/mol. The number of aryl methyl sites for hydroxylation is 1. The van der Waals surface area contributed by atoms with Gasteiger partial charge in [0.25, 0.3) is 0 Å². The lowest BCUT2D eigenvalue weighted by molar-refractivity contribution is -0.123. The Kier molecular flexibility index (Phi) is 9.22. The van der Waals surface area contributed by atoms with Crippen molar-refractivity contribution in [2.45, 2.75) is 31.3 Å². The van der Waals surface area contributed by atoms with Gasteiger partial charge in [-0.25, -0.2) is 4.79 Å². The van der Waals surface area contributed by atoms with Crippen molar-refractivity contribution >= 4 is 18.1 Å². The molecule has 0 aliphatic carbocycles. The van der Waals surface area contributed by atoms with Gasteiger partial charge in [-0.3, -0.25) is 9.78 Å². The van der Waals surface area contributed by atoms with Gasteiger partial charge in [0.05, 0.1) is 12.8 Å². The number of amides is 2. The smallest absolute Gasteiger partial charge is 0.405 e. The second-order valence-corrected chi connectivity index (χ2v) is 7.81. The normalized spacial score (nSPS) is 12.6. The number of hydrogen-bond acceptors (Lipinski definition) is 4. The molecular formula is C27H29N3O4. The van der Waals surface area contributed by atoms with Crippen molar-refractivity contribution in [1.82, 2.24) is 15.6 Å². The van der Waals surface area contributed by atoms with Crippen molar-refractivity contribution in [3.05, 3.63) is 102 Å². The van der Waals surface area contributed by atoms with Crippen LogP contribution in [0, 0.1) is 0 Å². The van der Waals surface area contributed by atoms with Gasteiger partial charge in [-0.15, -0.1) is 0 Å². The largest absolute Gasteiger partial charge is 0.497 e. The summed E-state index contributed by atoms with van der Waals surface area (Å²) in [5, 5.41) is 14.6. The second kappa shape index (κ2) is 12.8. The molecule has 2 atom stereocenters. The molecule has 176 valence electrons. The molecule has 0 aliphatic rings. The number of carbonyl (C=O) groups excluding carboxylic acids is 1. The molecule has 0 saturated carbocycles. The van der Waals surface area contributed by atoms with E-state index in [1.165, 1.54) is 0 Å². The predicted molar refractivity (Wildman–Crippen MR) is 132 cm³/mol. The Balaban J connectivity index is 1.75. The van der Waals surface area contributed by atoms with Crippen LogP contribution in [0.15, 0.2) is 85.1 Å². The number of pyridine rings is 1. The molecule has 0 unspecified atom stereocenters. The van der Waals surface area contributed by atoms with Gasteiger partial charge >= 0.3 is 6.09 Å². The minimum atomic E-state index is -1.24. The third-order valence-electron chi connectivity index (χ3n) is 5.30. The second-order valence-electron chi connectivity index (χ2n) is 7.81. The van der Waals surface area contributed by atoms with Crippen LogP contribution >= 0.6 is 0 Å². The van der Waals surface area contributed by atoms with E-state index in [1.54, 1.807) is 25.4 Å². The van der Waals surface area contributed by atoms with Crippen LogP contribution in [0.25, 0.3) is 6.08 Å². The zero-order valence-corrected chi connectivity index (χ0v) is 19.1. The molecule has 3 aromatic rings. The summed E-state index contributed by atoms with van der Waals surface area (Å²) in [6, 6.07) is 21.6. The molecule has 0 bridgehead atoms. The van der Waals surface area contributed by atoms with Crippen LogP contribution in [0.3, 0.4) is 0 Å². The summed E-state index contributed by atoms with van der Waals surface area (Å²) < 4.78 is 5.25. The molecule has 0 aliphatic heterocycles. The van der Waals surface area contributed by atoms with Gasteiger partial charge in [0.1, 0.15) is 11.8 Å². The van der Waals surface area contributed by atoms with Crippen molar-refractivity contribution in [3.63, 3.8) is 0 Å². The molecule has 0 saturated heterocycles. The molecule has 0 radical (unpaired) electrons. The summed E-state index contributed by atoms with van der Waals surface area (Å²) in [5.74, 6) is 0.306. The number of nitrogens with one attached hydrogen (secondary N) is 2. The molecule has 3 rings (SSSR count). The molecule has 0 spiro atoms. The van der Waals surface area contributed by atoms with Crippen LogP contribution in [0.5, 0.6) is 5.75 Å². The first-order valence-electron chi connectivity index (χ1n) is 11.1.